The van der Waals surface area contributed by atoms with Crippen molar-refractivity contribution in [3.05, 3.63) is 77.0 Å². The van der Waals surface area contributed by atoms with Gasteiger partial charge in [0.15, 0.2) is 0 Å². The van der Waals surface area contributed by atoms with E-state index in [-0.39, 0.29) is 11.1 Å². The van der Waals surface area contributed by atoms with Crippen LogP contribution in [0.1, 0.15) is 30.3 Å². The third-order valence-corrected chi connectivity index (χ3v) is 5.82. The normalized spacial score (nSPS) is 16.8. The number of nitrogens with two attached hydrogens (primary N) is 1. The van der Waals surface area contributed by atoms with Crippen LogP contribution in [0.15, 0.2) is 59.3 Å². The fourth-order valence-corrected chi connectivity index (χ4v) is 4.06. The second kappa shape index (κ2) is 8.13. The SMILES string of the molecule is Nc1c(-c2noc(C3CCCN3Cc3ccccc3)n2)cnn1-c1ccc(Cl)c(F)c1. The molecule has 3 heterocycles. The number of rotatable bonds is 5. The molecule has 2 aromatic heterocycles. The molecular weight excluding hydrogens is 419 g/mol. The molecule has 0 radical (unpaired) electrons. The summed E-state index contributed by atoms with van der Waals surface area (Å²) >= 11 is 5.76. The highest BCUT2D eigenvalue weighted by Gasteiger charge is 2.31. The van der Waals surface area contributed by atoms with E-state index in [2.05, 4.69) is 32.3 Å². The van der Waals surface area contributed by atoms with Gasteiger partial charge in [-0.05, 0) is 37.1 Å². The van der Waals surface area contributed by atoms with Crippen LogP contribution in [0.2, 0.25) is 5.02 Å². The first-order valence-electron chi connectivity index (χ1n) is 10.0. The van der Waals surface area contributed by atoms with Crippen LogP contribution in [0.3, 0.4) is 0 Å². The minimum Gasteiger partial charge on any atom is -0.383 e. The molecular formula is C22H20ClFN6O. The van der Waals surface area contributed by atoms with E-state index in [9.17, 15) is 4.39 Å². The zero-order valence-electron chi connectivity index (χ0n) is 16.6. The Bertz CT molecular complexity index is 1210. The van der Waals surface area contributed by atoms with E-state index in [0.29, 0.717) is 28.8 Å². The van der Waals surface area contributed by atoms with Crippen LogP contribution in [-0.4, -0.2) is 31.4 Å². The molecule has 158 valence electrons. The molecule has 0 aliphatic carbocycles. The number of anilines is 1. The number of hydrogen-bond donors (Lipinski definition) is 1. The van der Waals surface area contributed by atoms with E-state index in [0.717, 1.165) is 25.9 Å². The number of aromatic nitrogens is 4. The van der Waals surface area contributed by atoms with Crippen molar-refractivity contribution in [3.63, 3.8) is 0 Å². The molecule has 4 aromatic rings. The van der Waals surface area contributed by atoms with Crippen molar-refractivity contribution >= 4 is 17.4 Å². The van der Waals surface area contributed by atoms with Crippen molar-refractivity contribution in [1.29, 1.82) is 0 Å². The number of halogens is 2. The quantitative estimate of drug-likeness (QED) is 0.488. The molecule has 0 bridgehead atoms. The average molecular weight is 439 g/mol. The summed E-state index contributed by atoms with van der Waals surface area (Å²) < 4.78 is 20.9. The first-order chi connectivity index (χ1) is 15.1. The van der Waals surface area contributed by atoms with Gasteiger partial charge in [-0.1, -0.05) is 47.1 Å². The van der Waals surface area contributed by atoms with Crippen molar-refractivity contribution in [3.8, 4) is 17.1 Å². The molecule has 9 heteroatoms. The minimum absolute atomic E-state index is 0.0362. The van der Waals surface area contributed by atoms with Crippen molar-refractivity contribution in [2.45, 2.75) is 25.4 Å². The van der Waals surface area contributed by atoms with E-state index >= 15 is 0 Å². The van der Waals surface area contributed by atoms with Gasteiger partial charge in [0.2, 0.25) is 11.7 Å². The lowest BCUT2D eigenvalue weighted by atomic mass is 10.2. The number of likely N-dealkylation sites (tertiary alicyclic amines) is 1. The lowest BCUT2D eigenvalue weighted by Crippen LogP contribution is -2.22. The highest BCUT2D eigenvalue weighted by atomic mass is 35.5. The average Bonchev–Trinajstić information content (AvgIpc) is 3.50. The van der Waals surface area contributed by atoms with Crippen LogP contribution in [-0.2, 0) is 6.54 Å². The number of hydrogen-bond acceptors (Lipinski definition) is 6. The maximum Gasteiger partial charge on any atom is 0.244 e. The second-order valence-electron chi connectivity index (χ2n) is 7.52. The predicted octanol–water partition coefficient (Wildman–Crippen LogP) is 4.63. The highest BCUT2D eigenvalue weighted by molar-refractivity contribution is 6.30. The van der Waals surface area contributed by atoms with Crippen molar-refractivity contribution in [1.82, 2.24) is 24.8 Å². The zero-order valence-corrected chi connectivity index (χ0v) is 17.3. The Labute approximate surface area is 183 Å². The third kappa shape index (κ3) is 3.80. The summed E-state index contributed by atoms with van der Waals surface area (Å²) in [6.45, 7) is 1.80. The van der Waals surface area contributed by atoms with Crippen LogP contribution < -0.4 is 5.73 Å². The Balaban J connectivity index is 1.39. The Morgan fingerprint density at radius 1 is 1.19 bits per heavy atom. The number of nitrogens with zero attached hydrogens (tertiary/aromatic N) is 5. The summed E-state index contributed by atoms with van der Waals surface area (Å²) in [7, 11) is 0. The molecule has 0 spiro atoms. The Morgan fingerprint density at radius 3 is 2.84 bits per heavy atom. The summed E-state index contributed by atoms with van der Waals surface area (Å²) in [5.74, 6) is 0.673. The zero-order chi connectivity index (χ0) is 21.4. The summed E-state index contributed by atoms with van der Waals surface area (Å²) in [4.78, 5) is 6.95. The van der Waals surface area contributed by atoms with Gasteiger partial charge >= 0.3 is 0 Å². The largest absolute Gasteiger partial charge is 0.383 e. The predicted molar refractivity (Wildman–Crippen MR) is 115 cm³/mol. The van der Waals surface area contributed by atoms with Gasteiger partial charge in [0.1, 0.15) is 11.6 Å². The number of benzene rings is 2. The van der Waals surface area contributed by atoms with Crippen molar-refractivity contribution in [2.75, 3.05) is 12.3 Å². The van der Waals surface area contributed by atoms with Crippen LogP contribution in [0.4, 0.5) is 10.2 Å². The van der Waals surface area contributed by atoms with E-state index in [4.69, 9.17) is 21.9 Å². The third-order valence-electron chi connectivity index (χ3n) is 5.51. The van der Waals surface area contributed by atoms with Crippen LogP contribution in [0.5, 0.6) is 0 Å². The Kier molecular flexibility index (Phi) is 5.17. The molecule has 2 aromatic carbocycles. The fraction of sp³-hybridized carbons (Fsp3) is 0.227. The monoisotopic (exact) mass is 438 g/mol. The maximum absolute atomic E-state index is 13.8. The summed E-state index contributed by atoms with van der Waals surface area (Å²) in [6.07, 6.45) is 3.57. The minimum atomic E-state index is -0.544. The molecule has 31 heavy (non-hydrogen) atoms. The first kappa shape index (κ1) is 19.7. The highest BCUT2D eigenvalue weighted by Crippen LogP contribution is 2.34. The molecule has 1 unspecified atom stereocenters. The molecule has 1 aliphatic rings. The molecule has 1 aliphatic heterocycles. The molecule has 0 amide bonds. The van der Waals surface area contributed by atoms with Gasteiger partial charge < -0.3 is 10.3 Å². The van der Waals surface area contributed by atoms with Crippen LogP contribution in [0, 0.1) is 5.82 Å². The van der Waals surface area contributed by atoms with Gasteiger partial charge in [-0.15, -0.1) is 0 Å². The summed E-state index contributed by atoms with van der Waals surface area (Å²) in [6, 6.07) is 14.8. The van der Waals surface area contributed by atoms with Gasteiger partial charge in [-0.25, -0.2) is 9.07 Å². The summed E-state index contributed by atoms with van der Waals surface area (Å²) in [5.41, 5.74) is 8.49. The number of nitrogen functional groups attached to an aromatic ring is 1. The molecule has 0 saturated carbocycles. The molecule has 7 nitrogen and oxygen atoms in total. The Morgan fingerprint density at radius 2 is 2.03 bits per heavy atom. The van der Waals surface area contributed by atoms with Gasteiger partial charge in [-0.2, -0.15) is 10.1 Å². The van der Waals surface area contributed by atoms with E-state index in [1.165, 1.54) is 22.4 Å². The molecule has 5 rings (SSSR count). The van der Waals surface area contributed by atoms with Gasteiger partial charge in [0.25, 0.3) is 0 Å². The molecule has 1 atom stereocenters. The lowest BCUT2D eigenvalue weighted by molar-refractivity contribution is 0.201. The topological polar surface area (TPSA) is 86.0 Å². The maximum atomic E-state index is 13.8. The van der Waals surface area contributed by atoms with Gasteiger partial charge in [0, 0.05) is 12.6 Å². The molecule has 1 fully saturated rings. The summed E-state index contributed by atoms with van der Waals surface area (Å²) in [5, 5.41) is 8.43. The fourth-order valence-electron chi connectivity index (χ4n) is 3.95. The van der Waals surface area contributed by atoms with Gasteiger partial charge in [0.05, 0.1) is 28.5 Å². The van der Waals surface area contributed by atoms with E-state index < -0.39 is 5.82 Å². The van der Waals surface area contributed by atoms with Crippen molar-refractivity contribution < 1.29 is 8.91 Å². The van der Waals surface area contributed by atoms with Crippen LogP contribution in [0.25, 0.3) is 17.1 Å². The standard InChI is InChI=1S/C22H20ClFN6O/c23-17-9-8-15(11-18(17)24)30-20(25)16(12-26-30)21-27-22(31-28-21)19-7-4-10-29(19)13-14-5-2-1-3-6-14/h1-3,5-6,8-9,11-12,19H,4,7,10,13,25H2. The van der Waals surface area contributed by atoms with E-state index in [1.54, 1.807) is 12.3 Å². The lowest BCUT2D eigenvalue weighted by Gasteiger charge is -2.21. The van der Waals surface area contributed by atoms with Crippen LogP contribution >= 0.6 is 11.6 Å². The smallest absolute Gasteiger partial charge is 0.244 e. The second-order valence-corrected chi connectivity index (χ2v) is 7.93. The Hall–Kier alpha value is -3.23. The van der Waals surface area contributed by atoms with Gasteiger partial charge in [-0.3, -0.25) is 4.90 Å². The first-order valence-corrected chi connectivity index (χ1v) is 10.4. The molecule has 2 N–H and O–H groups in total. The van der Waals surface area contributed by atoms with E-state index in [1.807, 2.05) is 18.2 Å². The van der Waals surface area contributed by atoms with Crippen molar-refractivity contribution in [2.24, 2.45) is 0 Å². The molecule has 1 saturated heterocycles.